The zero-order valence-electron chi connectivity index (χ0n) is 10.4. The van der Waals surface area contributed by atoms with Gasteiger partial charge in [0.1, 0.15) is 11.3 Å². The van der Waals surface area contributed by atoms with Crippen LogP contribution in [0.15, 0.2) is 59.1 Å². The molecule has 4 aromatic rings. The Morgan fingerprint density at radius 1 is 0.900 bits per heavy atom. The van der Waals surface area contributed by atoms with Crippen LogP contribution in [-0.4, -0.2) is 10.2 Å². The average molecular weight is 281 g/mol. The first-order chi connectivity index (χ1) is 9.83. The molecule has 0 saturated heterocycles. The highest BCUT2D eigenvalue weighted by Crippen LogP contribution is 2.33. The number of para-hydroxylation sites is 1. The van der Waals surface area contributed by atoms with Crippen LogP contribution in [0.2, 0.25) is 5.02 Å². The third-order valence-corrected chi connectivity index (χ3v) is 3.56. The van der Waals surface area contributed by atoms with Gasteiger partial charge in [-0.2, -0.15) is 5.10 Å². The van der Waals surface area contributed by atoms with Gasteiger partial charge in [0, 0.05) is 16.0 Å². The van der Waals surface area contributed by atoms with Crippen LogP contribution in [0.1, 0.15) is 0 Å². The van der Waals surface area contributed by atoms with Gasteiger partial charge in [0.05, 0.1) is 11.6 Å². The molecule has 0 unspecified atom stereocenters. The van der Waals surface area contributed by atoms with E-state index in [1.54, 1.807) is 6.20 Å². The minimum Gasteiger partial charge on any atom is -0.454 e. The fraction of sp³-hybridized carbons (Fsp3) is 0. The van der Waals surface area contributed by atoms with Gasteiger partial charge in [0.25, 0.3) is 0 Å². The largest absolute Gasteiger partial charge is 0.454 e. The molecule has 0 saturated carbocycles. The van der Waals surface area contributed by atoms with Crippen molar-refractivity contribution in [1.82, 2.24) is 10.2 Å². The van der Waals surface area contributed by atoms with Crippen molar-refractivity contribution in [2.24, 2.45) is 0 Å². The molecule has 2 heterocycles. The molecule has 0 amide bonds. The SMILES string of the molecule is Clc1ccc(-c2nncc3c2oc2ccccc23)cc1. The van der Waals surface area contributed by atoms with Crippen LogP contribution in [0.4, 0.5) is 0 Å². The highest BCUT2D eigenvalue weighted by Gasteiger charge is 2.13. The first-order valence-electron chi connectivity index (χ1n) is 6.22. The summed E-state index contributed by atoms with van der Waals surface area (Å²) in [7, 11) is 0. The number of benzene rings is 2. The Balaban J connectivity index is 2.07. The first-order valence-corrected chi connectivity index (χ1v) is 6.59. The van der Waals surface area contributed by atoms with E-state index in [2.05, 4.69) is 10.2 Å². The van der Waals surface area contributed by atoms with E-state index >= 15 is 0 Å². The van der Waals surface area contributed by atoms with Crippen molar-refractivity contribution < 1.29 is 4.42 Å². The predicted molar refractivity (Wildman–Crippen MR) is 79.8 cm³/mol. The number of hydrogen-bond donors (Lipinski definition) is 0. The molecule has 0 fully saturated rings. The van der Waals surface area contributed by atoms with Gasteiger partial charge in [-0.25, -0.2) is 0 Å². The molecule has 0 N–H and O–H groups in total. The van der Waals surface area contributed by atoms with E-state index in [1.807, 2.05) is 48.5 Å². The fourth-order valence-electron chi connectivity index (χ4n) is 2.36. The molecule has 4 rings (SSSR count). The number of halogens is 1. The molecule has 0 aliphatic rings. The summed E-state index contributed by atoms with van der Waals surface area (Å²) in [6.07, 6.45) is 1.74. The maximum absolute atomic E-state index is 5.93. The summed E-state index contributed by atoms with van der Waals surface area (Å²) >= 11 is 5.92. The normalized spacial score (nSPS) is 11.2. The average Bonchev–Trinajstić information content (AvgIpc) is 2.87. The molecule has 96 valence electrons. The van der Waals surface area contributed by atoms with Crippen LogP contribution in [-0.2, 0) is 0 Å². The van der Waals surface area contributed by atoms with Gasteiger partial charge in [-0.15, -0.1) is 5.10 Å². The van der Waals surface area contributed by atoms with Gasteiger partial charge in [0.15, 0.2) is 5.58 Å². The van der Waals surface area contributed by atoms with Crippen LogP contribution >= 0.6 is 11.6 Å². The maximum atomic E-state index is 5.93. The Morgan fingerprint density at radius 2 is 1.70 bits per heavy atom. The second-order valence-electron chi connectivity index (χ2n) is 4.54. The number of nitrogens with zero attached hydrogens (tertiary/aromatic N) is 2. The third kappa shape index (κ3) is 1.67. The molecule has 3 nitrogen and oxygen atoms in total. The molecule has 0 aliphatic carbocycles. The van der Waals surface area contributed by atoms with Crippen molar-refractivity contribution in [2.45, 2.75) is 0 Å². The number of furan rings is 1. The molecule has 20 heavy (non-hydrogen) atoms. The summed E-state index contributed by atoms with van der Waals surface area (Å²) in [6, 6.07) is 15.4. The van der Waals surface area contributed by atoms with Gasteiger partial charge in [-0.1, -0.05) is 41.9 Å². The summed E-state index contributed by atoms with van der Waals surface area (Å²) in [4.78, 5) is 0. The molecule has 0 aliphatic heterocycles. The van der Waals surface area contributed by atoms with Gasteiger partial charge in [0.2, 0.25) is 0 Å². The topological polar surface area (TPSA) is 38.9 Å². The maximum Gasteiger partial charge on any atom is 0.165 e. The predicted octanol–water partition coefficient (Wildman–Crippen LogP) is 4.70. The van der Waals surface area contributed by atoms with E-state index < -0.39 is 0 Å². The van der Waals surface area contributed by atoms with Crippen molar-refractivity contribution in [3.05, 3.63) is 59.8 Å². The molecular weight excluding hydrogens is 272 g/mol. The van der Waals surface area contributed by atoms with E-state index in [9.17, 15) is 0 Å². The number of fused-ring (bicyclic) bond motifs is 3. The summed E-state index contributed by atoms with van der Waals surface area (Å²) in [5.41, 5.74) is 3.26. The zero-order chi connectivity index (χ0) is 13.5. The standard InChI is InChI=1S/C16H9ClN2O/c17-11-7-5-10(6-8-11)15-16-13(9-18-19-15)12-3-1-2-4-14(12)20-16/h1-9H. The van der Waals surface area contributed by atoms with Crippen molar-refractivity contribution in [2.75, 3.05) is 0 Å². The minimum atomic E-state index is 0.693. The molecule has 0 spiro atoms. The Kier molecular flexibility index (Phi) is 2.47. The Hall–Kier alpha value is -2.39. The molecule has 2 aromatic heterocycles. The summed E-state index contributed by atoms with van der Waals surface area (Å²) in [6.45, 7) is 0. The lowest BCUT2D eigenvalue weighted by atomic mass is 10.1. The Bertz CT molecular complexity index is 913. The van der Waals surface area contributed by atoms with Gasteiger partial charge >= 0.3 is 0 Å². The number of aromatic nitrogens is 2. The fourth-order valence-corrected chi connectivity index (χ4v) is 2.48. The van der Waals surface area contributed by atoms with Crippen LogP contribution < -0.4 is 0 Å². The van der Waals surface area contributed by atoms with E-state index in [4.69, 9.17) is 16.0 Å². The summed E-state index contributed by atoms with van der Waals surface area (Å²) < 4.78 is 5.93. The van der Waals surface area contributed by atoms with Crippen LogP contribution in [0.3, 0.4) is 0 Å². The zero-order valence-corrected chi connectivity index (χ0v) is 11.1. The smallest absolute Gasteiger partial charge is 0.165 e. The van der Waals surface area contributed by atoms with E-state index in [1.165, 1.54) is 0 Å². The molecule has 0 radical (unpaired) electrons. The lowest BCUT2D eigenvalue weighted by Gasteiger charge is -2.00. The van der Waals surface area contributed by atoms with Gasteiger partial charge < -0.3 is 4.42 Å². The van der Waals surface area contributed by atoms with Gasteiger partial charge in [-0.05, 0) is 18.2 Å². The summed E-state index contributed by atoms with van der Waals surface area (Å²) in [5.74, 6) is 0. The molecular formula is C16H9ClN2O. The molecule has 2 aromatic carbocycles. The second kappa shape index (κ2) is 4.32. The lowest BCUT2D eigenvalue weighted by Crippen LogP contribution is -1.87. The van der Waals surface area contributed by atoms with Crippen molar-refractivity contribution >= 4 is 33.5 Å². The minimum absolute atomic E-state index is 0.693. The van der Waals surface area contributed by atoms with Crippen LogP contribution in [0, 0.1) is 0 Å². The lowest BCUT2D eigenvalue weighted by molar-refractivity contribution is 0.666. The van der Waals surface area contributed by atoms with Crippen molar-refractivity contribution in [3.8, 4) is 11.3 Å². The van der Waals surface area contributed by atoms with Crippen LogP contribution in [0.25, 0.3) is 33.2 Å². The van der Waals surface area contributed by atoms with E-state index in [0.29, 0.717) is 5.02 Å². The second-order valence-corrected chi connectivity index (χ2v) is 4.98. The van der Waals surface area contributed by atoms with Crippen molar-refractivity contribution in [3.63, 3.8) is 0 Å². The Labute approximate surface area is 119 Å². The highest BCUT2D eigenvalue weighted by atomic mass is 35.5. The first kappa shape index (κ1) is 11.4. The summed E-state index contributed by atoms with van der Waals surface area (Å²) in [5, 5.41) is 11.0. The molecule has 0 bridgehead atoms. The van der Waals surface area contributed by atoms with E-state index in [0.717, 1.165) is 33.2 Å². The van der Waals surface area contributed by atoms with E-state index in [-0.39, 0.29) is 0 Å². The number of hydrogen-bond acceptors (Lipinski definition) is 3. The third-order valence-electron chi connectivity index (χ3n) is 3.31. The molecule has 4 heteroatoms. The Morgan fingerprint density at radius 3 is 2.55 bits per heavy atom. The molecule has 0 atom stereocenters. The highest BCUT2D eigenvalue weighted by molar-refractivity contribution is 6.30. The van der Waals surface area contributed by atoms with Crippen LogP contribution in [0.5, 0.6) is 0 Å². The van der Waals surface area contributed by atoms with Crippen molar-refractivity contribution in [1.29, 1.82) is 0 Å². The quantitative estimate of drug-likeness (QED) is 0.507. The van der Waals surface area contributed by atoms with Gasteiger partial charge in [-0.3, -0.25) is 0 Å². The number of rotatable bonds is 1. The monoisotopic (exact) mass is 280 g/mol.